The monoisotopic (exact) mass is 613 g/mol. The fourth-order valence-electron chi connectivity index (χ4n) is 4.08. The SMILES string of the molecule is CCCCNC(=O)C(C)N(Cc1cccc(Br)c1)C(=O)CN(c1ccc(C)c(C)c1)S(=O)(=O)c1ccccc1. The fourth-order valence-corrected chi connectivity index (χ4v) is 5.95. The molecule has 3 aromatic rings. The van der Waals surface area contributed by atoms with Crippen LogP contribution in [0.25, 0.3) is 0 Å². The molecule has 0 aromatic heterocycles. The Morgan fingerprint density at radius 3 is 2.31 bits per heavy atom. The van der Waals surface area contributed by atoms with Gasteiger partial charge in [0.1, 0.15) is 12.6 Å². The summed E-state index contributed by atoms with van der Waals surface area (Å²) in [4.78, 5) is 28.5. The predicted octanol–water partition coefficient (Wildman–Crippen LogP) is 5.59. The number of benzene rings is 3. The Bertz CT molecular complexity index is 1400. The second kappa shape index (κ2) is 13.8. The first-order valence-corrected chi connectivity index (χ1v) is 15.2. The molecule has 9 heteroatoms. The highest BCUT2D eigenvalue weighted by molar-refractivity contribution is 9.10. The number of hydrogen-bond acceptors (Lipinski definition) is 4. The van der Waals surface area contributed by atoms with Gasteiger partial charge in [0, 0.05) is 17.6 Å². The molecule has 7 nitrogen and oxygen atoms in total. The van der Waals surface area contributed by atoms with Gasteiger partial charge in [-0.1, -0.05) is 65.7 Å². The zero-order chi connectivity index (χ0) is 28.6. The number of unbranched alkanes of at least 4 members (excludes halogenated alkanes) is 1. The molecule has 3 rings (SSSR count). The summed E-state index contributed by atoms with van der Waals surface area (Å²) in [6.45, 7) is 7.74. The highest BCUT2D eigenvalue weighted by atomic mass is 79.9. The number of carbonyl (C=O) groups is 2. The summed E-state index contributed by atoms with van der Waals surface area (Å²) < 4.78 is 29.7. The first-order chi connectivity index (χ1) is 18.5. The van der Waals surface area contributed by atoms with Gasteiger partial charge in [-0.25, -0.2) is 8.42 Å². The zero-order valence-corrected chi connectivity index (χ0v) is 25.3. The van der Waals surface area contributed by atoms with Crippen LogP contribution in [0.3, 0.4) is 0 Å². The molecule has 0 radical (unpaired) electrons. The molecule has 0 saturated heterocycles. The smallest absolute Gasteiger partial charge is 0.264 e. The van der Waals surface area contributed by atoms with Gasteiger partial charge in [-0.15, -0.1) is 0 Å². The Labute approximate surface area is 240 Å². The molecule has 0 spiro atoms. The third-order valence-electron chi connectivity index (χ3n) is 6.63. The summed E-state index contributed by atoms with van der Waals surface area (Å²) >= 11 is 3.46. The lowest BCUT2D eigenvalue weighted by atomic mass is 10.1. The van der Waals surface area contributed by atoms with Gasteiger partial charge < -0.3 is 10.2 Å². The van der Waals surface area contributed by atoms with Gasteiger partial charge >= 0.3 is 0 Å². The summed E-state index contributed by atoms with van der Waals surface area (Å²) in [6, 6.07) is 20.0. The predicted molar refractivity (Wildman–Crippen MR) is 159 cm³/mol. The van der Waals surface area contributed by atoms with Gasteiger partial charge in [0.2, 0.25) is 11.8 Å². The van der Waals surface area contributed by atoms with E-state index in [0.29, 0.717) is 12.2 Å². The molecule has 0 aliphatic heterocycles. The molecule has 0 saturated carbocycles. The number of amides is 2. The van der Waals surface area contributed by atoms with Crippen molar-refractivity contribution in [2.45, 2.75) is 58.0 Å². The van der Waals surface area contributed by atoms with Gasteiger partial charge in [0.25, 0.3) is 10.0 Å². The maximum absolute atomic E-state index is 14.0. The van der Waals surface area contributed by atoms with Crippen molar-refractivity contribution >= 4 is 43.5 Å². The number of rotatable bonds is 12. The van der Waals surface area contributed by atoms with Crippen molar-refractivity contribution in [1.29, 1.82) is 0 Å². The number of halogens is 1. The van der Waals surface area contributed by atoms with E-state index in [0.717, 1.165) is 38.3 Å². The van der Waals surface area contributed by atoms with Gasteiger partial charge in [-0.05, 0) is 80.3 Å². The number of anilines is 1. The van der Waals surface area contributed by atoms with Crippen LogP contribution in [0.2, 0.25) is 0 Å². The van der Waals surface area contributed by atoms with Crippen molar-refractivity contribution in [2.75, 3.05) is 17.4 Å². The second-order valence-electron chi connectivity index (χ2n) is 9.57. The van der Waals surface area contributed by atoms with E-state index >= 15 is 0 Å². The van der Waals surface area contributed by atoms with E-state index in [9.17, 15) is 18.0 Å². The molecule has 0 bridgehead atoms. The average molecular weight is 615 g/mol. The lowest BCUT2D eigenvalue weighted by molar-refractivity contribution is -0.139. The van der Waals surface area contributed by atoms with Crippen LogP contribution in [-0.2, 0) is 26.2 Å². The summed E-state index contributed by atoms with van der Waals surface area (Å²) in [5.41, 5.74) is 3.12. The highest BCUT2D eigenvalue weighted by Gasteiger charge is 2.32. The van der Waals surface area contributed by atoms with Crippen molar-refractivity contribution in [3.63, 3.8) is 0 Å². The van der Waals surface area contributed by atoms with Crippen LogP contribution in [0.15, 0.2) is 82.2 Å². The van der Waals surface area contributed by atoms with E-state index in [4.69, 9.17) is 0 Å². The van der Waals surface area contributed by atoms with Gasteiger partial charge in [-0.2, -0.15) is 0 Å². The molecule has 208 valence electrons. The second-order valence-corrected chi connectivity index (χ2v) is 12.3. The molecule has 1 unspecified atom stereocenters. The van der Waals surface area contributed by atoms with E-state index in [1.807, 2.05) is 51.1 Å². The number of carbonyl (C=O) groups excluding carboxylic acids is 2. The maximum Gasteiger partial charge on any atom is 0.264 e. The Morgan fingerprint density at radius 1 is 0.949 bits per heavy atom. The van der Waals surface area contributed by atoms with Gasteiger partial charge in [0.15, 0.2) is 0 Å². The molecule has 0 fully saturated rings. The lowest BCUT2D eigenvalue weighted by Crippen LogP contribution is -2.51. The van der Waals surface area contributed by atoms with Crippen molar-refractivity contribution in [3.8, 4) is 0 Å². The minimum Gasteiger partial charge on any atom is -0.354 e. The molecular weight excluding hydrogens is 578 g/mol. The van der Waals surface area contributed by atoms with Crippen LogP contribution in [0.1, 0.15) is 43.4 Å². The Morgan fingerprint density at radius 2 is 1.67 bits per heavy atom. The maximum atomic E-state index is 14.0. The van der Waals surface area contributed by atoms with Crippen molar-refractivity contribution in [1.82, 2.24) is 10.2 Å². The number of nitrogens with one attached hydrogen (secondary N) is 1. The van der Waals surface area contributed by atoms with Gasteiger partial charge in [0.05, 0.1) is 10.6 Å². The quantitative estimate of drug-likeness (QED) is 0.270. The first-order valence-electron chi connectivity index (χ1n) is 13.0. The third kappa shape index (κ3) is 7.92. The molecule has 0 heterocycles. The highest BCUT2D eigenvalue weighted by Crippen LogP contribution is 2.26. The lowest BCUT2D eigenvalue weighted by Gasteiger charge is -2.32. The zero-order valence-electron chi connectivity index (χ0n) is 22.9. The minimum absolute atomic E-state index is 0.0833. The van der Waals surface area contributed by atoms with E-state index in [1.165, 1.54) is 17.0 Å². The minimum atomic E-state index is -4.08. The largest absolute Gasteiger partial charge is 0.354 e. The number of nitrogens with zero attached hydrogens (tertiary/aromatic N) is 2. The standard InChI is InChI=1S/C30H36BrN3O4S/c1-5-6-17-32-30(36)24(4)33(20-25-11-10-12-26(31)19-25)29(35)21-34(27-16-15-22(2)23(3)18-27)39(37,38)28-13-8-7-9-14-28/h7-16,18-19,24H,5-6,17,20-21H2,1-4H3,(H,32,36). The molecule has 0 aliphatic rings. The van der Waals surface area contributed by atoms with Crippen LogP contribution >= 0.6 is 15.9 Å². The molecule has 1 atom stereocenters. The van der Waals surface area contributed by atoms with E-state index in [1.54, 1.807) is 37.3 Å². The summed E-state index contributed by atoms with van der Waals surface area (Å²) in [7, 11) is -4.08. The van der Waals surface area contributed by atoms with Crippen molar-refractivity contribution in [3.05, 3.63) is 94.0 Å². The summed E-state index contributed by atoms with van der Waals surface area (Å²) in [5, 5.41) is 2.90. The molecule has 39 heavy (non-hydrogen) atoms. The molecule has 3 aromatic carbocycles. The summed E-state index contributed by atoms with van der Waals surface area (Å²) in [5.74, 6) is -0.763. The Balaban J connectivity index is 2.01. The van der Waals surface area contributed by atoms with Crippen LogP contribution in [-0.4, -0.2) is 44.3 Å². The number of hydrogen-bond donors (Lipinski definition) is 1. The first kappa shape index (κ1) is 30.4. The topological polar surface area (TPSA) is 86.8 Å². The summed E-state index contributed by atoms with van der Waals surface area (Å²) in [6.07, 6.45) is 1.76. The van der Waals surface area contributed by atoms with Crippen LogP contribution in [0.4, 0.5) is 5.69 Å². The van der Waals surface area contributed by atoms with E-state index < -0.39 is 28.5 Å². The number of sulfonamides is 1. The third-order valence-corrected chi connectivity index (χ3v) is 8.91. The van der Waals surface area contributed by atoms with Crippen LogP contribution in [0, 0.1) is 13.8 Å². The number of aryl methyl sites for hydroxylation is 2. The average Bonchev–Trinajstić information content (AvgIpc) is 2.92. The Kier molecular flexibility index (Phi) is 10.7. The van der Waals surface area contributed by atoms with Crippen molar-refractivity contribution in [2.24, 2.45) is 0 Å². The fraction of sp³-hybridized carbons (Fsp3) is 0.333. The van der Waals surface area contributed by atoms with Gasteiger partial charge in [-0.3, -0.25) is 13.9 Å². The van der Waals surface area contributed by atoms with Crippen molar-refractivity contribution < 1.29 is 18.0 Å². The van der Waals surface area contributed by atoms with Crippen LogP contribution in [0.5, 0.6) is 0 Å². The normalized spacial score (nSPS) is 12.0. The molecule has 1 N–H and O–H groups in total. The van der Waals surface area contributed by atoms with E-state index in [2.05, 4.69) is 21.2 Å². The molecule has 2 amide bonds. The molecule has 0 aliphatic carbocycles. The van der Waals surface area contributed by atoms with E-state index in [-0.39, 0.29) is 17.3 Å². The van der Waals surface area contributed by atoms with Crippen LogP contribution < -0.4 is 9.62 Å². The Hall–Kier alpha value is -3.17. The molecular formula is C30H36BrN3O4S.